The smallest absolute Gasteiger partial charge is 0.238 e. The van der Waals surface area contributed by atoms with Crippen LogP contribution in [-0.4, -0.2) is 11.8 Å². The molecule has 1 aromatic rings. The lowest BCUT2D eigenvalue weighted by atomic mass is 10.1. The van der Waals surface area contributed by atoms with Gasteiger partial charge in [0.25, 0.3) is 0 Å². The Morgan fingerprint density at radius 1 is 0.941 bits per heavy atom. The van der Waals surface area contributed by atoms with Crippen LogP contribution in [0.3, 0.4) is 0 Å². The molecule has 0 aliphatic heterocycles. The Kier molecular flexibility index (Phi) is 3.08. The number of hydrazine groups is 2. The van der Waals surface area contributed by atoms with Crippen molar-refractivity contribution in [3.05, 3.63) is 35.9 Å². The fourth-order valence-electron chi connectivity index (χ4n) is 2.25. The average molecular weight is 234 g/mol. The maximum atomic E-state index is 11.5. The van der Waals surface area contributed by atoms with Gasteiger partial charge in [0.2, 0.25) is 11.8 Å². The number of nitrogens with two attached hydrogens (primary N) is 2. The fourth-order valence-corrected chi connectivity index (χ4v) is 2.25. The van der Waals surface area contributed by atoms with Crippen molar-refractivity contribution in [3.63, 3.8) is 0 Å². The summed E-state index contributed by atoms with van der Waals surface area (Å²) in [4.78, 5) is 23.1. The predicted molar refractivity (Wildman–Crippen MR) is 60.8 cm³/mol. The third-order valence-corrected chi connectivity index (χ3v) is 3.09. The number of benzene rings is 1. The second-order valence-corrected chi connectivity index (χ2v) is 4.01. The minimum atomic E-state index is -0.439. The summed E-state index contributed by atoms with van der Waals surface area (Å²) in [6.45, 7) is 0. The first-order valence-corrected chi connectivity index (χ1v) is 5.26. The molecule has 1 fully saturated rings. The van der Waals surface area contributed by atoms with E-state index in [1.165, 1.54) is 0 Å². The number of carbonyl (C=O) groups is 2. The Labute approximate surface area is 98.3 Å². The summed E-state index contributed by atoms with van der Waals surface area (Å²) in [5.74, 6) is 8.48. The van der Waals surface area contributed by atoms with Gasteiger partial charge in [-0.2, -0.15) is 0 Å². The molecule has 0 spiro atoms. The van der Waals surface area contributed by atoms with Crippen molar-refractivity contribution in [1.82, 2.24) is 10.9 Å². The highest BCUT2D eigenvalue weighted by atomic mass is 16.2. The number of rotatable bonds is 3. The normalized spacial score (nSPS) is 26.1. The quantitative estimate of drug-likeness (QED) is 0.305. The van der Waals surface area contributed by atoms with Crippen molar-refractivity contribution >= 4 is 11.8 Å². The molecule has 0 heterocycles. The zero-order chi connectivity index (χ0) is 12.4. The van der Waals surface area contributed by atoms with E-state index in [4.69, 9.17) is 11.7 Å². The molecule has 17 heavy (non-hydrogen) atoms. The molecule has 2 unspecified atom stereocenters. The number of carbonyl (C=O) groups excluding carboxylic acids is 2. The highest BCUT2D eigenvalue weighted by molar-refractivity contribution is 5.94. The maximum Gasteiger partial charge on any atom is 0.238 e. The summed E-state index contributed by atoms with van der Waals surface area (Å²) in [5, 5.41) is 0. The minimum Gasteiger partial charge on any atom is -0.294 e. The van der Waals surface area contributed by atoms with Crippen LogP contribution in [0.15, 0.2) is 30.3 Å². The van der Waals surface area contributed by atoms with Gasteiger partial charge in [-0.25, -0.2) is 11.7 Å². The van der Waals surface area contributed by atoms with E-state index >= 15 is 0 Å². The van der Waals surface area contributed by atoms with Crippen LogP contribution in [0.5, 0.6) is 0 Å². The van der Waals surface area contributed by atoms with E-state index in [0.717, 1.165) is 5.56 Å². The molecule has 6 N–H and O–H groups in total. The molecule has 1 saturated carbocycles. The van der Waals surface area contributed by atoms with Crippen molar-refractivity contribution in [3.8, 4) is 0 Å². The van der Waals surface area contributed by atoms with Gasteiger partial charge in [0.15, 0.2) is 0 Å². The summed E-state index contributed by atoms with van der Waals surface area (Å²) < 4.78 is 0. The lowest BCUT2D eigenvalue weighted by Crippen LogP contribution is -2.36. The van der Waals surface area contributed by atoms with Gasteiger partial charge in [-0.15, -0.1) is 0 Å². The van der Waals surface area contributed by atoms with Crippen LogP contribution >= 0.6 is 0 Å². The minimum absolute atomic E-state index is 0.150. The van der Waals surface area contributed by atoms with Gasteiger partial charge >= 0.3 is 0 Å². The number of amides is 2. The second kappa shape index (κ2) is 4.52. The van der Waals surface area contributed by atoms with Crippen LogP contribution in [0.4, 0.5) is 0 Å². The summed E-state index contributed by atoms with van der Waals surface area (Å²) in [5.41, 5.74) is 5.09. The third-order valence-electron chi connectivity index (χ3n) is 3.09. The topological polar surface area (TPSA) is 110 Å². The van der Waals surface area contributed by atoms with Crippen LogP contribution < -0.4 is 22.5 Å². The Morgan fingerprint density at radius 3 is 1.82 bits per heavy atom. The van der Waals surface area contributed by atoms with Crippen LogP contribution in [0.2, 0.25) is 0 Å². The van der Waals surface area contributed by atoms with Crippen LogP contribution in [0.25, 0.3) is 0 Å². The van der Waals surface area contributed by atoms with Crippen molar-refractivity contribution in [1.29, 1.82) is 0 Å². The van der Waals surface area contributed by atoms with E-state index in [1.807, 2.05) is 30.3 Å². The predicted octanol–water partition coefficient (Wildman–Crippen LogP) is -1.00. The number of hydrogen-bond acceptors (Lipinski definition) is 4. The first-order chi connectivity index (χ1) is 8.20. The average Bonchev–Trinajstić information content (AvgIpc) is 3.13. The van der Waals surface area contributed by atoms with Gasteiger partial charge in [-0.05, 0) is 5.56 Å². The van der Waals surface area contributed by atoms with Crippen molar-refractivity contribution in [2.45, 2.75) is 5.92 Å². The van der Waals surface area contributed by atoms with E-state index in [0.29, 0.717) is 0 Å². The molecule has 0 aromatic heterocycles. The maximum absolute atomic E-state index is 11.5. The van der Waals surface area contributed by atoms with E-state index < -0.39 is 11.8 Å². The van der Waals surface area contributed by atoms with E-state index in [1.54, 1.807) is 0 Å². The monoisotopic (exact) mass is 234 g/mol. The molecule has 1 aromatic carbocycles. The molecule has 1 aliphatic carbocycles. The van der Waals surface area contributed by atoms with Crippen LogP contribution in [0.1, 0.15) is 11.5 Å². The molecule has 90 valence electrons. The van der Waals surface area contributed by atoms with Gasteiger partial charge in [-0.1, -0.05) is 30.3 Å². The van der Waals surface area contributed by atoms with Crippen molar-refractivity contribution in [2.75, 3.05) is 0 Å². The fraction of sp³-hybridized carbons (Fsp3) is 0.273. The molecule has 6 heteroatoms. The van der Waals surface area contributed by atoms with Gasteiger partial charge < -0.3 is 0 Å². The molecule has 6 nitrogen and oxygen atoms in total. The highest BCUT2D eigenvalue weighted by Gasteiger charge is 2.59. The second-order valence-electron chi connectivity index (χ2n) is 4.01. The first kappa shape index (κ1) is 11.6. The standard InChI is InChI=1S/C11H14N4O2/c12-14-10(16)8-7(9(8)11(17)15-13)6-4-2-1-3-5-6/h1-5,7-9H,12-13H2,(H,14,16)(H,15,17). The van der Waals surface area contributed by atoms with Crippen LogP contribution in [-0.2, 0) is 9.59 Å². The van der Waals surface area contributed by atoms with Gasteiger partial charge in [-0.3, -0.25) is 20.4 Å². The van der Waals surface area contributed by atoms with E-state index in [9.17, 15) is 9.59 Å². The highest BCUT2D eigenvalue weighted by Crippen LogP contribution is 2.53. The molecule has 2 atom stereocenters. The third kappa shape index (κ3) is 2.00. The zero-order valence-corrected chi connectivity index (χ0v) is 9.09. The molecular weight excluding hydrogens is 220 g/mol. The summed E-state index contributed by atoms with van der Waals surface area (Å²) in [7, 11) is 0. The summed E-state index contributed by atoms with van der Waals surface area (Å²) >= 11 is 0. The Hall–Kier alpha value is -1.92. The zero-order valence-electron chi connectivity index (χ0n) is 9.09. The molecule has 0 bridgehead atoms. The Bertz CT molecular complexity index is 412. The van der Waals surface area contributed by atoms with Gasteiger partial charge in [0.05, 0.1) is 11.8 Å². The molecular formula is C11H14N4O2. The van der Waals surface area contributed by atoms with Crippen molar-refractivity contribution in [2.24, 2.45) is 23.5 Å². The number of nitrogens with one attached hydrogen (secondary N) is 2. The van der Waals surface area contributed by atoms with E-state index in [2.05, 4.69) is 10.9 Å². The first-order valence-electron chi connectivity index (χ1n) is 5.26. The molecule has 2 rings (SSSR count). The molecule has 1 aliphatic rings. The van der Waals surface area contributed by atoms with Crippen LogP contribution in [0, 0.1) is 11.8 Å². The lowest BCUT2D eigenvalue weighted by molar-refractivity contribution is -0.127. The summed E-state index contributed by atoms with van der Waals surface area (Å²) in [6.07, 6.45) is 0. The molecule has 0 radical (unpaired) electrons. The summed E-state index contributed by atoms with van der Waals surface area (Å²) in [6, 6.07) is 9.36. The van der Waals surface area contributed by atoms with Crippen molar-refractivity contribution < 1.29 is 9.59 Å². The molecule has 2 amide bonds. The largest absolute Gasteiger partial charge is 0.294 e. The SMILES string of the molecule is NNC(=O)C1C(C(=O)NN)C1c1ccccc1. The Balaban J connectivity index is 2.22. The van der Waals surface area contributed by atoms with E-state index in [-0.39, 0.29) is 17.7 Å². The lowest BCUT2D eigenvalue weighted by Gasteiger charge is -1.98. The van der Waals surface area contributed by atoms with Gasteiger partial charge in [0.1, 0.15) is 0 Å². The number of hydrogen-bond donors (Lipinski definition) is 4. The Morgan fingerprint density at radius 2 is 1.41 bits per heavy atom. The molecule has 0 saturated heterocycles. The van der Waals surface area contributed by atoms with Gasteiger partial charge in [0, 0.05) is 5.92 Å².